The van der Waals surface area contributed by atoms with Crippen LogP contribution in [-0.2, 0) is 9.53 Å². The summed E-state index contributed by atoms with van der Waals surface area (Å²) in [5.74, 6) is 1.52. The Bertz CT molecular complexity index is 793. The van der Waals surface area contributed by atoms with Crippen LogP contribution in [0, 0.1) is 5.92 Å². The van der Waals surface area contributed by atoms with Crippen molar-refractivity contribution >= 4 is 5.97 Å². The van der Waals surface area contributed by atoms with Gasteiger partial charge in [0.05, 0.1) is 26.7 Å². The third kappa shape index (κ3) is 3.02. The Morgan fingerprint density at radius 1 is 0.962 bits per heavy atom. The first-order valence-electron chi connectivity index (χ1n) is 8.68. The molecule has 6 heteroatoms. The number of fused-ring (bicyclic) bond motifs is 1. The average molecular weight is 354 g/mol. The summed E-state index contributed by atoms with van der Waals surface area (Å²) >= 11 is 0. The van der Waals surface area contributed by atoms with Crippen molar-refractivity contribution in [2.45, 2.75) is 24.6 Å². The fourth-order valence-corrected chi connectivity index (χ4v) is 3.92. The van der Waals surface area contributed by atoms with E-state index in [1.807, 2.05) is 48.5 Å². The van der Waals surface area contributed by atoms with Crippen LogP contribution >= 0.6 is 0 Å². The van der Waals surface area contributed by atoms with Crippen LogP contribution in [0.4, 0.5) is 0 Å². The number of esters is 1. The van der Waals surface area contributed by atoms with Crippen LogP contribution in [0.25, 0.3) is 0 Å². The molecule has 4 unspecified atom stereocenters. The zero-order chi connectivity index (χ0) is 18.1. The molecule has 6 nitrogen and oxygen atoms in total. The van der Waals surface area contributed by atoms with Crippen LogP contribution in [-0.4, -0.2) is 26.4 Å². The number of nitrogens with one attached hydrogen (secondary N) is 2. The maximum absolute atomic E-state index is 12.1. The fourth-order valence-electron chi connectivity index (χ4n) is 3.92. The second-order valence-corrected chi connectivity index (χ2v) is 6.61. The number of ether oxygens (including phenoxy) is 3. The lowest BCUT2D eigenvalue weighted by molar-refractivity contribution is -0.160. The molecular weight excluding hydrogens is 332 g/mol. The zero-order valence-corrected chi connectivity index (χ0v) is 14.8. The van der Waals surface area contributed by atoms with Gasteiger partial charge in [-0.1, -0.05) is 24.3 Å². The predicted octanol–water partition coefficient (Wildman–Crippen LogP) is 2.53. The molecule has 2 fully saturated rings. The highest BCUT2D eigenvalue weighted by Crippen LogP contribution is 2.45. The molecule has 0 aromatic heterocycles. The standard InChI is InChI=1S/C20H22N2O4/c1-24-14-8-6-12(7-9-14)19-18-16(11-17(23)26-20(18)22-21-19)13-4-3-5-15(10-13)25-2/h3-10,16,18-22H,11H2,1-2H3. The normalized spacial score (nSPS) is 27.5. The van der Waals surface area contributed by atoms with Gasteiger partial charge in [0.15, 0.2) is 6.23 Å². The van der Waals surface area contributed by atoms with E-state index in [1.54, 1.807) is 14.2 Å². The van der Waals surface area contributed by atoms with Crippen LogP contribution in [0.15, 0.2) is 48.5 Å². The minimum atomic E-state index is -0.362. The lowest BCUT2D eigenvalue weighted by Crippen LogP contribution is -2.42. The SMILES string of the molecule is COc1ccc(C2NNC3OC(=O)CC(c4cccc(OC)c4)C32)cc1. The third-order valence-electron chi connectivity index (χ3n) is 5.22. The molecule has 2 saturated heterocycles. The summed E-state index contributed by atoms with van der Waals surface area (Å²) in [5.41, 5.74) is 8.65. The molecule has 0 amide bonds. The minimum absolute atomic E-state index is 0.0233. The van der Waals surface area contributed by atoms with Gasteiger partial charge in [0.1, 0.15) is 11.5 Å². The molecule has 0 saturated carbocycles. The molecule has 0 aliphatic carbocycles. The lowest BCUT2D eigenvalue weighted by Gasteiger charge is -2.35. The van der Waals surface area contributed by atoms with Gasteiger partial charge in [-0.2, -0.15) is 0 Å². The number of carbonyl (C=O) groups is 1. The fraction of sp³-hybridized carbons (Fsp3) is 0.350. The van der Waals surface area contributed by atoms with Gasteiger partial charge in [-0.25, -0.2) is 10.9 Å². The zero-order valence-electron chi connectivity index (χ0n) is 14.8. The van der Waals surface area contributed by atoms with Crippen LogP contribution in [0.5, 0.6) is 11.5 Å². The molecule has 2 aliphatic rings. The van der Waals surface area contributed by atoms with E-state index >= 15 is 0 Å². The van der Waals surface area contributed by atoms with Gasteiger partial charge < -0.3 is 14.2 Å². The number of benzene rings is 2. The minimum Gasteiger partial charge on any atom is -0.497 e. The van der Waals surface area contributed by atoms with Gasteiger partial charge >= 0.3 is 5.97 Å². The van der Waals surface area contributed by atoms with Crippen molar-refractivity contribution in [3.63, 3.8) is 0 Å². The van der Waals surface area contributed by atoms with E-state index in [9.17, 15) is 4.79 Å². The van der Waals surface area contributed by atoms with Crippen molar-refractivity contribution in [3.05, 3.63) is 59.7 Å². The van der Waals surface area contributed by atoms with Gasteiger partial charge in [-0.05, 0) is 35.4 Å². The van der Waals surface area contributed by atoms with E-state index in [1.165, 1.54) is 0 Å². The lowest BCUT2D eigenvalue weighted by atomic mass is 9.76. The maximum atomic E-state index is 12.1. The van der Waals surface area contributed by atoms with Crippen molar-refractivity contribution in [2.75, 3.05) is 14.2 Å². The number of hydrazine groups is 1. The second kappa shape index (κ2) is 6.97. The number of hydrogen-bond donors (Lipinski definition) is 2. The average Bonchev–Trinajstić information content (AvgIpc) is 3.11. The summed E-state index contributed by atoms with van der Waals surface area (Å²) in [6.07, 6.45) is -0.00999. The number of rotatable bonds is 4. The maximum Gasteiger partial charge on any atom is 0.308 e. The Morgan fingerprint density at radius 3 is 2.46 bits per heavy atom. The predicted molar refractivity (Wildman–Crippen MR) is 95.7 cm³/mol. The summed E-state index contributed by atoms with van der Waals surface area (Å²) in [6, 6.07) is 15.9. The Morgan fingerprint density at radius 2 is 1.73 bits per heavy atom. The summed E-state index contributed by atoms with van der Waals surface area (Å²) < 4.78 is 16.2. The van der Waals surface area contributed by atoms with Gasteiger partial charge in [0, 0.05) is 11.8 Å². The Balaban J connectivity index is 1.68. The van der Waals surface area contributed by atoms with Crippen molar-refractivity contribution in [3.8, 4) is 11.5 Å². The summed E-state index contributed by atoms with van der Waals surface area (Å²) in [6.45, 7) is 0. The van der Waals surface area contributed by atoms with E-state index in [2.05, 4.69) is 10.9 Å². The highest BCUT2D eigenvalue weighted by molar-refractivity contribution is 5.72. The smallest absolute Gasteiger partial charge is 0.308 e. The first-order chi connectivity index (χ1) is 12.7. The Labute approximate surface area is 152 Å². The van der Waals surface area contributed by atoms with E-state index in [0.717, 1.165) is 22.6 Å². The summed E-state index contributed by atoms with van der Waals surface area (Å²) in [4.78, 5) is 12.1. The second-order valence-electron chi connectivity index (χ2n) is 6.61. The number of carbonyl (C=O) groups excluding carboxylic acids is 1. The molecule has 0 bridgehead atoms. The van der Waals surface area contributed by atoms with Crippen LogP contribution in [0.3, 0.4) is 0 Å². The van der Waals surface area contributed by atoms with Gasteiger partial charge in [-0.3, -0.25) is 4.79 Å². The highest BCUT2D eigenvalue weighted by atomic mass is 16.6. The Hall–Kier alpha value is -2.57. The van der Waals surface area contributed by atoms with E-state index < -0.39 is 0 Å². The van der Waals surface area contributed by atoms with Crippen LogP contribution < -0.4 is 20.3 Å². The molecular formula is C20H22N2O4. The van der Waals surface area contributed by atoms with E-state index in [0.29, 0.717) is 6.42 Å². The molecule has 2 N–H and O–H groups in total. The van der Waals surface area contributed by atoms with E-state index in [-0.39, 0.29) is 30.1 Å². The molecule has 26 heavy (non-hydrogen) atoms. The molecule has 136 valence electrons. The van der Waals surface area contributed by atoms with Crippen molar-refractivity contribution in [2.24, 2.45) is 5.92 Å². The van der Waals surface area contributed by atoms with Gasteiger partial charge in [-0.15, -0.1) is 0 Å². The van der Waals surface area contributed by atoms with Crippen molar-refractivity contribution < 1.29 is 19.0 Å². The first kappa shape index (κ1) is 16.9. The molecule has 2 aromatic rings. The molecule has 4 atom stereocenters. The van der Waals surface area contributed by atoms with Crippen LogP contribution in [0.1, 0.15) is 29.5 Å². The van der Waals surface area contributed by atoms with Crippen LogP contribution in [0.2, 0.25) is 0 Å². The summed E-state index contributed by atoms with van der Waals surface area (Å²) in [5, 5.41) is 0. The van der Waals surface area contributed by atoms with Gasteiger partial charge in [0.2, 0.25) is 0 Å². The van der Waals surface area contributed by atoms with Crippen molar-refractivity contribution in [1.29, 1.82) is 0 Å². The Kier molecular flexibility index (Phi) is 4.53. The van der Waals surface area contributed by atoms with Gasteiger partial charge in [0.25, 0.3) is 0 Å². The topological polar surface area (TPSA) is 68.8 Å². The highest BCUT2D eigenvalue weighted by Gasteiger charge is 2.48. The first-order valence-corrected chi connectivity index (χ1v) is 8.68. The number of hydrogen-bond acceptors (Lipinski definition) is 6. The molecule has 2 aromatic carbocycles. The largest absolute Gasteiger partial charge is 0.497 e. The third-order valence-corrected chi connectivity index (χ3v) is 5.22. The summed E-state index contributed by atoms with van der Waals surface area (Å²) in [7, 11) is 3.30. The van der Waals surface area contributed by atoms with Crippen molar-refractivity contribution in [1.82, 2.24) is 10.9 Å². The quantitative estimate of drug-likeness (QED) is 0.823. The molecule has 2 aliphatic heterocycles. The van der Waals surface area contributed by atoms with E-state index in [4.69, 9.17) is 14.2 Å². The molecule has 2 heterocycles. The monoisotopic (exact) mass is 354 g/mol. The number of methoxy groups -OCH3 is 2. The molecule has 4 rings (SSSR count). The molecule has 0 radical (unpaired) electrons. The molecule has 0 spiro atoms.